The summed E-state index contributed by atoms with van der Waals surface area (Å²) in [5.74, 6) is 0.233. The van der Waals surface area contributed by atoms with Crippen molar-refractivity contribution < 1.29 is 19.1 Å². The van der Waals surface area contributed by atoms with Gasteiger partial charge in [-0.3, -0.25) is 9.59 Å². The van der Waals surface area contributed by atoms with Crippen LogP contribution in [-0.4, -0.2) is 47.4 Å². The van der Waals surface area contributed by atoms with Crippen LogP contribution in [0.4, 0.5) is 5.69 Å². The van der Waals surface area contributed by atoms with Crippen LogP contribution >= 0.6 is 0 Å². The SMILES string of the molecule is CCOC(=O)c1cc2cc(C(=O)Nc3cc(C(=O)N4CC(C)CC(C)C4)ccc3C)ccc2[nH]1. The molecule has 1 aliphatic heterocycles. The quantitative estimate of drug-likeness (QED) is 0.522. The number of rotatable bonds is 5. The Morgan fingerprint density at radius 2 is 1.74 bits per heavy atom. The monoisotopic (exact) mass is 461 g/mol. The van der Waals surface area contributed by atoms with Gasteiger partial charge in [0.15, 0.2) is 0 Å². The third-order valence-electron chi connectivity index (χ3n) is 6.27. The van der Waals surface area contributed by atoms with E-state index in [0.717, 1.165) is 36.0 Å². The van der Waals surface area contributed by atoms with Crippen molar-refractivity contribution in [2.24, 2.45) is 11.8 Å². The summed E-state index contributed by atoms with van der Waals surface area (Å²) in [6.45, 7) is 9.80. The summed E-state index contributed by atoms with van der Waals surface area (Å²) in [6.07, 6.45) is 1.13. The number of likely N-dealkylation sites (tertiary alicyclic amines) is 1. The Morgan fingerprint density at radius 3 is 2.44 bits per heavy atom. The van der Waals surface area contributed by atoms with E-state index < -0.39 is 5.97 Å². The number of carbonyl (C=O) groups is 3. The molecule has 7 nitrogen and oxygen atoms in total. The number of fused-ring (bicyclic) bond motifs is 1. The molecule has 1 saturated heterocycles. The summed E-state index contributed by atoms with van der Waals surface area (Å²) in [4.78, 5) is 43.1. The lowest BCUT2D eigenvalue weighted by Gasteiger charge is -2.35. The van der Waals surface area contributed by atoms with E-state index in [4.69, 9.17) is 4.74 Å². The molecule has 2 atom stereocenters. The van der Waals surface area contributed by atoms with Crippen LogP contribution < -0.4 is 5.32 Å². The standard InChI is InChI=1S/C27H31N3O4/c1-5-34-27(33)24-13-21-11-19(8-9-22(21)28-24)25(31)29-23-12-20(7-6-18(23)4)26(32)30-14-16(2)10-17(3)15-30/h6-9,11-13,16-17,28H,5,10,14-15H2,1-4H3,(H,29,31). The topological polar surface area (TPSA) is 91.5 Å². The molecule has 4 rings (SSSR count). The van der Waals surface area contributed by atoms with Gasteiger partial charge in [-0.15, -0.1) is 0 Å². The maximum atomic E-state index is 13.1. The lowest BCUT2D eigenvalue weighted by molar-refractivity contribution is 0.0520. The van der Waals surface area contributed by atoms with Crippen molar-refractivity contribution in [3.8, 4) is 0 Å². The predicted octanol–water partition coefficient (Wildman–Crippen LogP) is 5.02. The Labute approximate surface area is 199 Å². The van der Waals surface area contributed by atoms with E-state index in [-0.39, 0.29) is 11.8 Å². The normalized spacial score (nSPS) is 18.1. The first kappa shape index (κ1) is 23.5. The molecule has 0 radical (unpaired) electrons. The minimum Gasteiger partial charge on any atom is -0.461 e. The van der Waals surface area contributed by atoms with Gasteiger partial charge in [-0.2, -0.15) is 0 Å². The Hall–Kier alpha value is -3.61. The fraction of sp³-hybridized carbons (Fsp3) is 0.370. The average Bonchev–Trinajstić information content (AvgIpc) is 3.23. The van der Waals surface area contributed by atoms with Crippen LogP contribution in [0.3, 0.4) is 0 Å². The number of carbonyl (C=O) groups excluding carboxylic acids is 3. The van der Waals surface area contributed by atoms with Crippen LogP contribution in [0.5, 0.6) is 0 Å². The number of amides is 2. The second-order valence-electron chi connectivity index (χ2n) is 9.35. The number of aryl methyl sites for hydroxylation is 1. The van der Waals surface area contributed by atoms with E-state index >= 15 is 0 Å². The van der Waals surface area contributed by atoms with E-state index in [1.807, 2.05) is 24.0 Å². The van der Waals surface area contributed by atoms with Gasteiger partial charge >= 0.3 is 5.97 Å². The Balaban J connectivity index is 1.53. The maximum Gasteiger partial charge on any atom is 0.354 e. The highest BCUT2D eigenvalue weighted by Crippen LogP contribution is 2.25. The molecule has 2 aromatic carbocycles. The minimum atomic E-state index is -0.431. The van der Waals surface area contributed by atoms with Crippen molar-refractivity contribution in [3.63, 3.8) is 0 Å². The number of piperidine rings is 1. The third-order valence-corrected chi connectivity index (χ3v) is 6.27. The third kappa shape index (κ3) is 4.98. The second-order valence-corrected chi connectivity index (χ2v) is 9.35. The zero-order chi connectivity index (χ0) is 24.4. The van der Waals surface area contributed by atoms with Gasteiger partial charge in [-0.1, -0.05) is 19.9 Å². The van der Waals surface area contributed by atoms with Crippen LogP contribution in [0.15, 0.2) is 42.5 Å². The molecule has 178 valence electrons. The predicted molar refractivity (Wildman–Crippen MR) is 132 cm³/mol. The van der Waals surface area contributed by atoms with Crippen molar-refractivity contribution in [1.29, 1.82) is 0 Å². The molecule has 2 N–H and O–H groups in total. The molecule has 34 heavy (non-hydrogen) atoms. The van der Waals surface area contributed by atoms with Crippen LogP contribution in [0.2, 0.25) is 0 Å². The molecule has 2 amide bonds. The van der Waals surface area contributed by atoms with E-state index in [1.54, 1.807) is 37.3 Å². The van der Waals surface area contributed by atoms with Crippen molar-refractivity contribution in [2.45, 2.75) is 34.1 Å². The minimum absolute atomic E-state index is 0.00543. The van der Waals surface area contributed by atoms with Crippen molar-refractivity contribution in [2.75, 3.05) is 25.0 Å². The van der Waals surface area contributed by atoms with Gasteiger partial charge in [0.25, 0.3) is 11.8 Å². The van der Waals surface area contributed by atoms with E-state index in [1.165, 1.54) is 0 Å². The number of nitrogens with zero attached hydrogens (tertiary/aromatic N) is 1. The van der Waals surface area contributed by atoms with E-state index in [9.17, 15) is 14.4 Å². The van der Waals surface area contributed by atoms with Crippen LogP contribution in [0.25, 0.3) is 10.9 Å². The molecular weight excluding hydrogens is 430 g/mol. The molecule has 0 saturated carbocycles. The molecule has 1 aromatic heterocycles. The van der Waals surface area contributed by atoms with E-state index in [2.05, 4.69) is 24.1 Å². The van der Waals surface area contributed by atoms with Gasteiger partial charge in [0.2, 0.25) is 0 Å². The summed E-state index contributed by atoms with van der Waals surface area (Å²) in [7, 11) is 0. The molecular formula is C27H31N3O4. The zero-order valence-electron chi connectivity index (χ0n) is 20.1. The highest BCUT2D eigenvalue weighted by molar-refractivity contribution is 6.08. The van der Waals surface area contributed by atoms with Gasteiger partial charge in [0.1, 0.15) is 5.69 Å². The van der Waals surface area contributed by atoms with Gasteiger partial charge < -0.3 is 19.9 Å². The number of H-pyrrole nitrogens is 1. The van der Waals surface area contributed by atoms with Gasteiger partial charge in [-0.05, 0) is 74.1 Å². The van der Waals surface area contributed by atoms with Crippen molar-refractivity contribution in [3.05, 3.63) is 64.8 Å². The van der Waals surface area contributed by atoms with Gasteiger partial charge in [-0.25, -0.2) is 4.79 Å². The van der Waals surface area contributed by atoms with Crippen molar-refractivity contribution in [1.82, 2.24) is 9.88 Å². The number of aromatic amines is 1. The summed E-state index contributed by atoms with van der Waals surface area (Å²) in [6, 6.07) is 12.3. The number of anilines is 1. The smallest absolute Gasteiger partial charge is 0.354 e. The fourth-order valence-electron chi connectivity index (χ4n) is 4.69. The number of esters is 1. The first-order valence-corrected chi connectivity index (χ1v) is 11.8. The fourth-order valence-corrected chi connectivity index (χ4v) is 4.69. The van der Waals surface area contributed by atoms with Crippen LogP contribution in [0, 0.1) is 18.8 Å². The summed E-state index contributed by atoms with van der Waals surface area (Å²) in [5, 5.41) is 3.69. The summed E-state index contributed by atoms with van der Waals surface area (Å²) >= 11 is 0. The van der Waals surface area contributed by atoms with Gasteiger partial charge in [0.05, 0.1) is 6.61 Å². The molecule has 0 aliphatic carbocycles. The number of ether oxygens (including phenoxy) is 1. The number of nitrogens with one attached hydrogen (secondary N) is 2. The number of hydrogen-bond acceptors (Lipinski definition) is 4. The molecule has 2 unspecified atom stereocenters. The van der Waals surface area contributed by atoms with Crippen LogP contribution in [0.1, 0.15) is 64.0 Å². The molecule has 2 heterocycles. The number of benzene rings is 2. The lowest BCUT2D eigenvalue weighted by Crippen LogP contribution is -2.42. The first-order chi connectivity index (χ1) is 16.2. The first-order valence-electron chi connectivity index (χ1n) is 11.8. The molecule has 3 aromatic rings. The highest BCUT2D eigenvalue weighted by atomic mass is 16.5. The van der Waals surface area contributed by atoms with Crippen LogP contribution in [-0.2, 0) is 4.74 Å². The Bertz CT molecular complexity index is 1240. The summed E-state index contributed by atoms with van der Waals surface area (Å²) < 4.78 is 5.03. The largest absolute Gasteiger partial charge is 0.461 e. The zero-order valence-corrected chi connectivity index (χ0v) is 20.1. The lowest BCUT2D eigenvalue weighted by atomic mass is 9.91. The molecule has 7 heteroatoms. The maximum absolute atomic E-state index is 13.1. The Morgan fingerprint density at radius 1 is 1.03 bits per heavy atom. The van der Waals surface area contributed by atoms with E-state index in [0.29, 0.717) is 41.0 Å². The molecule has 1 fully saturated rings. The van der Waals surface area contributed by atoms with Crippen molar-refractivity contribution >= 4 is 34.4 Å². The molecule has 0 spiro atoms. The Kier molecular flexibility index (Phi) is 6.72. The molecule has 0 bridgehead atoms. The second kappa shape index (κ2) is 9.71. The molecule has 1 aliphatic rings. The highest BCUT2D eigenvalue weighted by Gasteiger charge is 2.26. The summed E-state index contributed by atoms with van der Waals surface area (Å²) in [5.41, 5.74) is 3.60. The number of aromatic nitrogens is 1. The van der Waals surface area contributed by atoms with Gasteiger partial charge in [0, 0.05) is 40.8 Å². The number of hydrogen-bond donors (Lipinski definition) is 2. The average molecular weight is 462 g/mol.